The fraction of sp³-hybridized carbons (Fsp3) is 0.190. The van der Waals surface area contributed by atoms with E-state index in [1.54, 1.807) is 37.3 Å². The van der Waals surface area contributed by atoms with Gasteiger partial charge in [-0.1, -0.05) is 18.2 Å². The number of benzene rings is 2. The first kappa shape index (κ1) is 22.5. The first-order valence-electron chi connectivity index (χ1n) is 9.19. The maximum Gasteiger partial charge on any atom is 0.329 e. The van der Waals surface area contributed by atoms with Crippen molar-refractivity contribution in [1.29, 1.82) is 0 Å². The zero-order chi connectivity index (χ0) is 22.5. The number of carboxylic acids is 1. The van der Waals surface area contributed by atoms with E-state index < -0.39 is 24.5 Å². The first-order chi connectivity index (χ1) is 14.8. The lowest BCUT2D eigenvalue weighted by Crippen LogP contribution is -2.35. The van der Waals surface area contributed by atoms with Gasteiger partial charge in [0.2, 0.25) is 0 Å². The minimum atomic E-state index is -1.30. The van der Waals surface area contributed by atoms with Crippen molar-refractivity contribution >= 4 is 46.6 Å². The van der Waals surface area contributed by atoms with Crippen molar-refractivity contribution < 1.29 is 33.4 Å². The van der Waals surface area contributed by atoms with Gasteiger partial charge >= 0.3 is 12.0 Å². The molecule has 3 rings (SSSR count). The highest BCUT2D eigenvalue weighted by Crippen LogP contribution is 2.35. The summed E-state index contributed by atoms with van der Waals surface area (Å²) in [4.78, 5) is 35.7. The number of hydrogen-bond donors (Lipinski definition) is 2. The predicted molar refractivity (Wildman–Crippen MR) is 117 cm³/mol. The summed E-state index contributed by atoms with van der Waals surface area (Å²) in [7, 11) is 0. The largest absolute Gasteiger partial charge is 0.490 e. The molecule has 0 aromatic heterocycles. The molecule has 31 heavy (non-hydrogen) atoms. The molecule has 1 heterocycles. The SMILES string of the molecule is CCOc1cc(/C=C2/NC(=O)N(CC(=O)O)C2=O)cc(I)c1OCc1ccccc1F. The fourth-order valence-corrected chi connectivity index (χ4v) is 3.64. The Bertz CT molecular complexity index is 1070. The van der Waals surface area contributed by atoms with E-state index in [9.17, 15) is 18.8 Å². The number of nitrogens with one attached hydrogen (secondary N) is 1. The smallest absolute Gasteiger partial charge is 0.329 e. The lowest BCUT2D eigenvalue weighted by atomic mass is 10.1. The van der Waals surface area contributed by atoms with Crippen LogP contribution in [0.4, 0.5) is 9.18 Å². The van der Waals surface area contributed by atoms with Crippen molar-refractivity contribution in [1.82, 2.24) is 10.2 Å². The van der Waals surface area contributed by atoms with E-state index in [0.29, 0.717) is 37.7 Å². The van der Waals surface area contributed by atoms with Crippen LogP contribution in [0.3, 0.4) is 0 Å². The molecule has 3 amide bonds. The number of imide groups is 1. The van der Waals surface area contributed by atoms with Crippen molar-refractivity contribution in [2.24, 2.45) is 0 Å². The first-order valence-corrected chi connectivity index (χ1v) is 10.3. The van der Waals surface area contributed by atoms with Gasteiger partial charge in [-0.15, -0.1) is 0 Å². The fourth-order valence-electron chi connectivity index (χ4n) is 2.86. The van der Waals surface area contributed by atoms with Crippen molar-refractivity contribution in [3.63, 3.8) is 0 Å². The van der Waals surface area contributed by atoms with E-state index in [4.69, 9.17) is 14.6 Å². The van der Waals surface area contributed by atoms with Crippen LogP contribution >= 0.6 is 22.6 Å². The van der Waals surface area contributed by atoms with E-state index in [-0.39, 0.29) is 18.1 Å². The predicted octanol–water partition coefficient (Wildman–Crippen LogP) is 3.39. The molecule has 1 saturated heterocycles. The second-order valence-corrected chi connectivity index (χ2v) is 7.58. The summed E-state index contributed by atoms with van der Waals surface area (Å²) in [5, 5.41) is 11.2. The maximum absolute atomic E-state index is 13.9. The van der Waals surface area contributed by atoms with Crippen LogP contribution in [0.15, 0.2) is 42.1 Å². The molecule has 0 spiro atoms. The lowest BCUT2D eigenvalue weighted by molar-refractivity contribution is -0.140. The monoisotopic (exact) mass is 540 g/mol. The van der Waals surface area contributed by atoms with E-state index in [1.165, 1.54) is 12.1 Å². The van der Waals surface area contributed by atoms with Crippen LogP contribution in [0.1, 0.15) is 18.1 Å². The molecule has 0 atom stereocenters. The van der Waals surface area contributed by atoms with Crippen LogP contribution in [0, 0.1) is 9.39 Å². The summed E-state index contributed by atoms with van der Waals surface area (Å²) in [6, 6.07) is 8.80. The van der Waals surface area contributed by atoms with Gasteiger partial charge in [-0.3, -0.25) is 9.59 Å². The van der Waals surface area contributed by atoms with Crippen LogP contribution in [-0.4, -0.2) is 41.1 Å². The van der Waals surface area contributed by atoms with Crippen molar-refractivity contribution in [3.8, 4) is 11.5 Å². The molecular formula is C21H18FIN2O6. The highest BCUT2D eigenvalue weighted by atomic mass is 127. The second-order valence-electron chi connectivity index (χ2n) is 6.42. The number of nitrogens with zero attached hydrogens (tertiary/aromatic N) is 1. The third-order valence-corrected chi connectivity index (χ3v) is 5.03. The molecule has 0 radical (unpaired) electrons. The van der Waals surface area contributed by atoms with Gasteiger partial charge in [0.15, 0.2) is 11.5 Å². The van der Waals surface area contributed by atoms with Crippen LogP contribution in [0.25, 0.3) is 6.08 Å². The number of carbonyl (C=O) groups excluding carboxylic acids is 2. The molecule has 1 aliphatic rings. The molecule has 2 N–H and O–H groups in total. The highest BCUT2D eigenvalue weighted by molar-refractivity contribution is 14.1. The Morgan fingerprint density at radius 3 is 2.68 bits per heavy atom. The standard InChI is InChI=1S/C21H18FIN2O6/c1-2-30-17-9-12(8-16-20(28)25(10-18(26)27)21(29)24-16)7-15(23)19(17)31-11-13-5-3-4-6-14(13)22/h3-9H,2,10-11H2,1H3,(H,24,29)(H,26,27)/b16-8+. The summed E-state index contributed by atoms with van der Waals surface area (Å²) in [6.07, 6.45) is 1.42. The Hall–Kier alpha value is -3.15. The Morgan fingerprint density at radius 1 is 1.26 bits per heavy atom. The minimum Gasteiger partial charge on any atom is -0.490 e. The van der Waals surface area contributed by atoms with E-state index in [1.807, 2.05) is 22.6 Å². The summed E-state index contributed by atoms with van der Waals surface area (Å²) >= 11 is 2.03. The van der Waals surface area contributed by atoms with Crippen molar-refractivity contribution in [2.45, 2.75) is 13.5 Å². The molecule has 162 valence electrons. The molecule has 1 fully saturated rings. The lowest BCUT2D eigenvalue weighted by Gasteiger charge is -2.15. The molecule has 2 aromatic carbocycles. The zero-order valence-corrected chi connectivity index (χ0v) is 18.5. The molecule has 10 heteroatoms. The molecular weight excluding hydrogens is 522 g/mol. The van der Waals surface area contributed by atoms with E-state index >= 15 is 0 Å². The Labute approximate surface area is 190 Å². The number of carbonyl (C=O) groups is 3. The maximum atomic E-state index is 13.9. The Morgan fingerprint density at radius 2 is 2.00 bits per heavy atom. The third-order valence-electron chi connectivity index (χ3n) is 4.23. The summed E-state index contributed by atoms with van der Waals surface area (Å²) < 4.78 is 26.0. The number of rotatable bonds is 8. The van der Waals surface area contributed by atoms with Crippen molar-refractivity contribution in [2.75, 3.05) is 13.2 Å². The van der Waals surface area contributed by atoms with Gasteiger partial charge < -0.3 is 19.9 Å². The van der Waals surface area contributed by atoms with E-state index in [2.05, 4.69) is 5.32 Å². The van der Waals surface area contributed by atoms with Crippen LogP contribution in [0.2, 0.25) is 0 Å². The normalized spacial score (nSPS) is 14.7. The Balaban J connectivity index is 1.87. The van der Waals surface area contributed by atoms with Crippen LogP contribution in [0.5, 0.6) is 11.5 Å². The van der Waals surface area contributed by atoms with Gasteiger partial charge in [0.05, 0.1) is 10.2 Å². The molecule has 0 saturated carbocycles. The summed E-state index contributed by atoms with van der Waals surface area (Å²) in [5.41, 5.74) is 0.876. The van der Waals surface area contributed by atoms with Gasteiger partial charge in [0, 0.05) is 5.56 Å². The number of aliphatic carboxylic acids is 1. The average molecular weight is 540 g/mol. The molecule has 2 aromatic rings. The number of ether oxygens (including phenoxy) is 2. The Kier molecular flexibility index (Phi) is 7.10. The topological polar surface area (TPSA) is 105 Å². The minimum absolute atomic E-state index is 0.00186. The average Bonchev–Trinajstić information content (AvgIpc) is 2.96. The second kappa shape index (κ2) is 9.77. The van der Waals surface area contributed by atoms with Crippen LogP contribution in [-0.2, 0) is 16.2 Å². The summed E-state index contributed by atoms with van der Waals surface area (Å²) in [6.45, 7) is 1.41. The quantitative estimate of drug-likeness (QED) is 0.302. The van der Waals surface area contributed by atoms with Gasteiger partial charge in [-0.25, -0.2) is 14.1 Å². The van der Waals surface area contributed by atoms with E-state index in [0.717, 1.165) is 0 Å². The molecule has 8 nitrogen and oxygen atoms in total. The van der Waals surface area contributed by atoms with Crippen LogP contribution < -0.4 is 14.8 Å². The number of urea groups is 1. The van der Waals surface area contributed by atoms with Gasteiger partial charge in [-0.2, -0.15) is 0 Å². The molecule has 0 aliphatic carbocycles. The number of carboxylic acid groups (broad SMARTS) is 1. The van der Waals surface area contributed by atoms with Gasteiger partial charge in [-0.05, 0) is 59.4 Å². The van der Waals surface area contributed by atoms with Gasteiger partial charge in [0.1, 0.15) is 24.7 Å². The summed E-state index contributed by atoms with van der Waals surface area (Å²) in [5.74, 6) is -1.60. The highest BCUT2D eigenvalue weighted by Gasteiger charge is 2.34. The number of amides is 3. The zero-order valence-electron chi connectivity index (χ0n) is 16.4. The molecule has 1 aliphatic heterocycles. The molecule has 0 bridgehead atoms. The molecule has 0 unspecified atom stereocenters. The number of halogens is 2. The number of hydrogen-bond acceptors (Lipinski definition) is 5. The third kappa shape index (κ3) is 5.32. The van der Waals surface area contributed by atoms with Crippen molar-refractivity contribution in [3.05, 3.63) is 62.6 Å². The van der Waals surface area contributed by atoms with Gasteiger partial charge in [0.25, 0.3) is 5.91 Å².